The first-order chi connectivity index (χ1) is 8.61. The van der Waals surface area contributed by atoms with Crippen molar-refractivity contribution in [2.75, 3.05) is 7.11 Å². The van der Waals surface area contributed by atoms with Crippen molar-refractivity contribution in [1.29, 1.82) is 0 Å². The zero-order chi connectivity index (χ0) is 13.1. The molecule has 0 saturated heterocycles. The Labute approximate surface area is 109 Å². The number of hydrogen-bond acceptors (Lipinski definition) is 2. The molecule has 1 aliphatic rings. The van der Waals surface area contributed by atoms with Crippen LogP contribution in [0, 0.1) is 5.92 Å². The molecule has 18 heavy (non-hydrogen) atoms. The Morgan fingerprint density at radius 3 is 2.22 bits per heavy atom. The molecule has 0 heterocycles. The maximum atomic E-state index is 11.5. The highest BCUT2D eigenvalue weighted by molar-refractivity contribution is 5.70. The van der Waals surface area contributed by atoms with Crippen LogP contribution in [-0.4, -0.2) is 13.1 Å². The van der Waals surface area contributed by atoms with Gasteiger partial charge < -0.3 is 4.74 Å². The Hall–Kier alpha value is -1.31. The maximum absolute atomic E-state index is 11.5. The van der Waals surface area contributed by atoms with Gasteiger partial charge in [0, 0.05) is 0 Å². The van der Waals surface area contributed by atoms with Gasteiger partial charge in [0.05, 0.1) is 13.5 Å². The van der Waals surface area contributed by atoms with Gasteiger partial charge in [-0.3, -0.25) is 4.79 Å². The van der Waals surface area contributed by atoms with E-state index in [1.165, 1.54) is 31.1 Å². The van der Waals surface area contributed by atoms with Crippen LogP contribution in [0.2, 0.25) is 0 Å². The van der Waals surface area contributed by atoms with E-state index in [0.29, 0.717) is 24.2 Å². The molecule has 1 atom stereocenters. The van der Waals surface area contributed by atoms with Crippen molar-refractivity contribution in [1.82, 2.24) is 0 Å². The normalized spacial score (nSPS) is 16.7. The number of ether oxygens (including phenoxy) is 1. The molecule has 0 spiro atoms. The van der Waals surface area contributed by atoms with Crippen LogP contribution >= 0.6 is 0 Å². The van der Waals surface area contributed by atoms with Crippen LogP contribution in [0.4, 0.5) is 0 Å². The highest BCUT2D eigenvalue weighted by Gasteiger charge is 2.33. The van der Waals surface area contributed by atoms with E-state index in [1.807, 2.05) is 0 Å². The minimum absolute atomic E-state index is 0.0974. The predicted octanol–water partition coefficient (Wildman–Crippen LogP) is 3.87. The lowest BCUT2D eigenvalue weighted by Gasteiger charge is -2.16. The van der Waals surface area contributed by atoms with Crippen LogP contribution in [0.1, 0.15) is 56.1 Å². The van der Waals surface area contributed by atoms with E-state index >= 15 is 0 Å². The van der Waals surface area contributed by atoms with Crippen molar-refractivity contribution in [2.45, 2.75) is 44.9 Å². The van der Waals surface area contributed by atoms with Crippen molar-refractivity contribution in [3.8, 4) is 0 Å². The summed E-state index contributed by atoms with van der Waals surface area (Å²) < 4.78 is 4.80. The van der Waals surface area contributed by atoms with Crippen molar-refractivity contribution in [3.05, 3.63) is 35.4 Å². The summed E-state index contributed by atoms with van der Waals surface area (Å²) in [7, 11) is 1.47. The molecule has 2 nitrogen and oxygen atoms in total. The Morgan fingerprint density at radius 2 is 1.78 bits per heavy atom. The van der Waals surface area contributed by atoms with Crippen LogP contribution in [0.25, 0.3) is 0 Å². The predicted molar refractivity (Wildman–Crippen MR) is 72.6 cm³/mol. The number of carbonyl (C=O) groups excluding carboxylic acids is 1. The molecule has 0 N–H and O–H groups in total. The van der Waals surface area contributed by atoms with Gasteiger partial charge in [0.25, 0.3) is 0 Å². The number of carbonyl (C=O) groups is 1. The third-order valence-electron chi connectivity index (χ3n) is 3.84. The average Bonchev–Trinajstić information content (AvgIpc) is 3.20. The summed E-state index contributed by atoms with van der Waals surface area (Å²) in [6, 6.07) is 8.74. The molecule has 0 aliphatic heterocycles. The molecule has 0 bridgehead atoms. The number of hydrogen-bond donors (Lipinski definition) is 0. The molecule has 1 unspecified atom stereocenters. The van der Waals surface area contributed by atoms with E-state index in [-0.39, 0.29) is 5.97 Å². The highest BCUT2D eigenvalue weighted by atomic mass is 16.5. The van der Waals surface area contributed by atoms with Gasteiger partial charge >= 0.3 is 5.97 Å². The molecule has 1 aromatic carbocycles. The molecule has 0 amide bonds. The quantitative estimate of drug-likeness (QED) is 0.737. The van der Waals surface area contributed by atoms with E-state index < -0.39 is 0 Å². The van der Waals surface area contributed by atoms with Crippen LogP contribution < -0.4 is 0 Å². The second-order valence-corrected chi connectivity index (χ2v) is 5.55. The van der Waals surface area contributed by atoms with E-state index in [2.05, 4.69) is 38.1 Å². The van der Waals surface area contributed by atoms with Crippen LogP contribution in [0.3, 0.4) is 0 Å². The molecule has 1 aliphatic carbocycles. The fourth-order valence-electron chi connectivity index (χ4n) is 2.45. The largest absolute Gasteiger partial charge is 0.469 e. The topological polar surface area (TPSA) is 26.3 Å². The Balaban J connectivity index is 2.12. The summed E-state index contributed by atoms with van der Waals surface area (Å²) in [5.74, 6) is 1.48. The van der Waals surface area contributed by atoms with Gasteiger partial charge in [-0.1, -0.05) is 38.1 Å². The van der Waals surface area contributed by atoms with E-state index in [4.69, 9.17) is 4.74 Å². The summed E-state index contributed by atoms with van der Waals surface area (Å²) in [6.45, 7) is 4.39. The third-order valence-corrected chi connectivity index (χ3v) is 3.84. The molecule has 2 heteroatoms. The zero-order valence-corrected chi connectivity index (χ0v) is 11.5. The van der Waals surface area contributed by atoms with Gasteiger partial charge in [-0.05, 0) is 41.7 Å². The number of esters is 1. The van der Waals surface area contributed by atoms with E-state index in [1.54, 1.807) is 0 Å². The summed E-state index contributed by atoms with van der Waals surface area (Å²) in [5, 5.41) is 0. The molecular weight excluding hydrogens is 224 g/mol. The summed E-state index contributed by atoms with van der Waals surface area (Å²) in [6.07, 6.45) is 3.00. The summed E-state index contributed by atoms with van der Waals surface area (Å²) in [4.78, 5) is 11.5. The second kappa shape index (κ2) is 5.55. The first kappa shape index (κ1) is 13.1. The smallest absolute Gasteiger partial charge is 0.306 e. The lowest BCUT2D eigenvalue weighted by molar-refractivity contribution is -0.141. The molecule has 1 aromatic rings. The van der Waals surface area contributed by atoms with E-state index in [0.717, 1.165) is 0 Å². The molecule has 98 valence electrons. The Morgan fingerprint density at radius 1 is 1.22 bits per heavy atom. The number of rotatable bonds is 5. The minimum Gasteiger partial charge on any atom is -0.469 e. The van der Waals surface area contributed by atoms with Gasteiger partial charge in [0.15, 0.2) is 0 Å². The van der Waals surface area contributed by atoms with Crippen molar-refractivity contribution in [3.63, 3.8) is 0 Å². The van der Waals surface area contributed by atoms with Crippen molar-refractivity contribution in [2.24, 2.45) is 5.92 Å². The lowest BCUT2D eigenvalue weighted by Crippen LogP contribution is -2.10. The molecule has 1 fully saturated rings. The van der Waals surface area contributed by atoms with Gasteiger partial charge in [0.1, 0.15) is 0 Å². The Kier molecular flexibility index (Phi) is 4.05. The van der Waals surface area contributed by atoms with Crippen molar-refractivity contribution < 1.29 is 9.53 Å². The second-order valence-electron chi connectivity index (χ2n) is 5.55. The SMILES string of the molecule is COC(=O)CC(c1ccc(C(C)C)cc1)C1CC1. The van der Waals surface area contributed by atoms with Crippen molar-refractivity contribution >= 4 is 5.97 Å². The first-order valence-corrected chi connectivity index (χ1v) is 6.78. The highest BCUT2D eigenvalue weighted by Crippen LogP contribution is 2.44. The van der Waals surface area contributed by atoms with Crippen LogP contribution in [-0.2, 0) is 9.53 Å². The summed E-state index contributed by atoms with van der Waals surface area (Å²) >= 11 is 0. The fraction of sp³-hybridized carbons (Fsp3) is 0.562. The van der Waals surface area contributed by atoms with Gasteiger partial charge in [0.2, 0.25) is 0 Å². The molecule has 0 aromatic heterocycles. The third kappa shape index (κ3) is 3.12. The lowest BCUT2D eigenvalue weighted by atomic mass is 9.89. The number of benzene rings is 1. The maximum Gasteiger partial charge on any atom is 0.306 e. The van der Waals surface area contributed by atoms with Gasteiger partial charge in [-0.15, -0.1) is 0 Å². The zero-order valence-electron chi connectivity index (χ0n) is 11.5. The molecule has 0 radical (unpaired) electrons. The molecule has 1 saturated carbocycles. The monoisotopic (exact) mass is 246 g/mol. The minimum atomic E-state index is -0.0974. The van der Waals surface area contributed by atoms with Crippen LogP contribution in [0.5, 0.6) is 0 Å². The fourth-order valence-corrected chi connectivity index (χ4v) is 2.45. The van der Waals surface area contributed by atoms with Gasteiger partial charge in [-0.25, -0.2) is 0 Å². The van der Waals surface area contributed by atoms with E-state index in [9.17, 15) is 4.79 Å². The Bertz CT molecular complexity index is 402. The van der Waals surface area contributed by atoms with Crippen LogP contribution in [0.15, 0.2) is 24.3 Å². The average molecular weight is 246 g/mol. The summed E-state index contributed by atoms with van der Waals surface area (Å²) in [5.41, 5.74) is 2.64. The molecular formula is C16H22O2. The van der Waals surface area contributed by atoms with Gasteiger partial charge in [-0.2, -0.15) is 0 Å². The standard InChI is InChI=1S/C16H22O2/c1-11(2)12-4-6-13(7-5-12)15(14-8-9-14)10-16(17)18-3/h4-7,11,14-15H,8-10H2,1-3H3. The number of methoxy groups -OCH3 is 1. The molecule has 2 rings (SSSR count). The first-order valence-electron chi connectivity index (χ1n) is 6.78.